The van der Waals surface area contributed by atoms with E-state index in [4.69, 9.17) is 4.42 Å². The number of aromatic amines is 1. The lowest BCUT2D eigenvalue weighted by Gasteiger charge is -2.10. The molecule has 3 heterocycles. The smallest absolute Gasteiger partial charge is 0.257 e. The lowest BCUT2D eigenvalue weighted by Crippen LogP contribution is -2.10. The van der Waals surface area contributed by atoms with Crippen LogP contribution in [-0.2, 0) is 0 Å². The van der Waals surface area contributed by atoms with Crippen LogP contribution in [0, 0.1) is 0 Å². The molecule has 0 radical (unpaired) electrons. The number of aromatic nitrogens is 2. The first-order valence-corrected chi connectivity index (χ1v) is 13.0. The van der Waals surface area contributed by atoms with E-state index in [1.54, 1.807) is 0 Å². The number of rotatable bonds is 3. The molecule has 0 saturated heterocycles. The predicted octanol–water partition coefficient (Wildman–Crippen LogP) is 8.71. The molecule has 0 atom stereocenters. The first-order chi connectivity index (χ1) is 19.3. The zero-order valence-corrected chi connectivity index (χ0v) is 20.9. The molecule has 4 nitrogen and oxygen atoms in total. The fraction of sp³-hybridized carbons (Fsp3) is 0. The second-order valence-electron chi connectivity index (χ2n) is 9.82. The number of hydrogen-bond donors (Lipinski definition) is 1. The summed E-state index contributed by atoms with van der Waals surface area (Å²) in [6, 6.07) is 43.0. The molecule has 0 amide bonds. The number of benzene rings is 5. The Hall–Kier alpha value is -5.35. The molecule has 0 aliphatic rings. The van der Waals surface area contributed by atoms with E-state index in [0.717, 1.165) is 66.3 Å². The first-order valence-electron chi connectivity index (χ1n) is 13.0. The lowest BCUT2D eigenvalue weighted by molar-refractivity contribution is 0.670. The Bertz CT molecular complexity index is 2230. The van der Waals surface area contributed by atoms with Crippen molar-refractivity contribution in [1.29, 1.82) is 0 Å². The molecule has 0 fully saturated rings. The van der Waals surface area contributed by atoms with Crippen LogP contribution in [0.3, 0.4) is 0 Å². The van der Waals surface area contributed by atoms with Crippen LogP contribution in [0.5, 0.6) is 0 Å². The van der Waals surface area contributed by atoms with Crippen molar-refractivity contribution in [2.75, 3.05) is 0 Å². The molecule has 3 aromatic heterocycles. The normalized spacial score (nSPS) is 11.7. The summed E-state index contributed by atoms with van der Waals surface area (Å²) in [5.41, 5.74) is 8.18. The fourth-order valence-electron chi connectivity index (χ4n) is 5.78. The summed E-state index contributed by atoms with van der Waals surface area (Å²) in [4.78, 5) is 16.4. The summed E-state index contributed by atoms with van der Waals surface area (Å²) in [5, 5.41) is 4.34. The van der Waals surface area contributed by atoms with Gasteiger partial charge in [0, 0.05) is 38.4 Å². The zero-order chi connectivity index (χ0) is 25.9. The molecule has 8 aromatic rings. The SMILES string of the molecule is O=c1[nH]c2c(cc1-c1ccccc1)c1ccccc1n2-c1ccc(-c2cccc3c2oc2ccccc23)cc1. The zero-order valence-electron chi connectivity index (χ0n) is 20.9. The third-order valence-corrected chi connectivity index (χ3v) is 7.60. The Balaban J connectivity index is 1.31. The molecule has 5 aromatic carbocycles. The van der Waals surface area contributed by atoms with Crippen molar-refractivity contribution >= 4 is 43.9 Å². The fourth-order valence-corrected chi connectivity index (χ4v) is 5.78. The van der Waals surface area contributed by atoms with E-state index in [1.165, 1.54) is 0 Å². The van der Waals surface area contributed by atoms with E-state index in [0.29, 0.717) is 5.56 Å². The number of fused-ring (bicyclic) bond motifs is 6. The summed E-state index contributed by atoms with van der Waals surface area (Å²) in [7, 11) is 0. The summed E-state index contributed by atoms with van der Waals surface area (Å²) in [6.07, 6.45) is 0. The van der Waals surface area contributed by atoms with Crippen LogP contribution in [0.15, 0.2) is 137 Å². The maximum atomic E-state index is 13.3. The van der Waals surface area contributed by atoms with Gasteiger partial charge in [0.2, 0.25) is 0 Å². The average molecular weight is 503 g/mol. The highest BCUT2D eigenvalue weighted by atomic mass is 16.3. The second kappa shape index (κ2) is 8.33. The largest absolute Gasteiger partial charge is 0.455 e. The molecule has 8 rings (SSSR count). The highest BCUT2D eigenvalue weighted by Crippen LogP contribution is 2.37. The third kappa shape index (κ3) is 3.28. The van der Waals surface area contributed by atoms with Crippen LogP contribution < -0.4 is 5.56 Å². The van der Waals surface area contributed by atoms with Gasteiger partial charge in [-0.15, -0.1) is 0 Å². The number of hydrogen-bond acceptors (Lipinski definition) is 2. The number of nitrogens with one attached hydrogen (secondary N) is 1. The third-order valence-electron chi connectivity index (χ3n) is 7.60. The van der Waals surface area contributed by atoms with E-state index in [1.807, 2.05) is 66.7 Å². The van der Waals surface area contributed by atoms with E-state index >= 15 is 0 Å². The highest BCUT2D eigenvalue weighted by Gasteiger charge is 2.17. The van der Waals surface area contributed by atoms with Crippen LogP contribution in [-0.4, -0.2) is 9.55 Å². The topological polar surface area (TPSA) is 50.9 Å². The molecule has 0 bridgehead atoms. The molecule has 0 aliphatic carbocycles. The first kappa shape index (κ1) is 21.7. The van der Waals surface area contributed by atoms with Crippen LogP contribution in [0.25, 0.3) is 71.8 Å². The molecule has 39 heavy (non-hydrogen) atoms. The van der Waals surface area contributed by atoms with E-state index in [2.05, 4.69) is 70.2 Å². The van der Waals surface area contributed by atoms with Gasteiger partial charge in [0.05, 0.1) is 5.52 Å². The van der Waals surface area contributed by atoms with Crippen molar-refractivity contribution in [3.8, 4) is 27.9 Å². The molecule has 1 N–H and O–H groups in total. The van der Waals surface area contributed by atoms with Gasteiger partial charge in [0.1, 0.15) is 16.8 Å². The molecule has 0 spiro atoms. The van der Waals surface area contributed by atoms with Crippen LogP contribution in [0.2, 0.25) is 0 Å². The maximum absolute atomic E-state index is 13.3. The lowest BCUT2D eigenvalue weighted by atomic mass is 10.0. The number of nitrogens with zero attached hydrogens (tertiary/aromatic N) is 1. The minimum atomic E-state index is -0.106. The molecular formula is C35H22N2O2. The quantitative estimate of drug-likeness (QED) is 0.263. The predicted molar refractivity (Wildman–Crippen MR) is 160 cm³/mol. The summed E-state index contributed by atoms with van der Waals surface area (Å²) in [5.74, 6) is 0. The van der Waals surface area contributed by atoms with Crippen molar-refractivity contribution in [3.63, 3.8) is 0 Å². The average Bonchev–Trinajstić information content (AvgIpc) is 3.53. The van der Waals surface area contributed by atoms with Crippen LogP contribution in [0.1, 0.15) is 0 Å². The Labute approximate surface area is 223 Å². The summed E-state index contributed by atoms with van der Waals surface area (Å²) >= 11 is 0. The number of H-pyrrole nitrogens is 1. The van der Waals surface area contributed by atoms with Gasteiger partial charge in [0.15, 0.2) is 0 Å². The molecular weight excluding hydrogens is 480 g/mol. The Kier molecular flexibility index (Phi) is 4.64. The summed E-state index contributed by atoms with van der Waals surface area (Å²) < 4.78 is 8.40. The van der Waals surface area contributed by atoms with Gasteiger partial charge in [-0.25, -0.2) is 0 Å². The number of furan rings is 1. The Morgan fingerprint density at radius 2 is 1.26 bits per heavy atom. The van der Waals surface area contributed by atoms with E-state index in [-0.39, 0.29) is 5.56 Å². The van der Waals surface area contributed by atoms with Gasteiger partial charge in [-0.2, -0.15) is 0 Å². The number of pyridine rings is 1. The monoisotopic (exact) mass is 502 g/mol. The van der Waals surface area contributed by atoms with Crippen LogP contribution in [0.4, 0.5) is 0 Å². The van der Waals surface area contributed by atoms with Crippen molar-refractivity contribution < 1.29 is 4.42 Å². The van der Waals surface area contributed by atoms with Gasteiger partial charge in [0.25, 0.3) is 5.56 Å². The molecule has 0 aliphatic heterocycles. The van der Waals surface area contributed by atoms with E-state index in [9.17, 15) is 4.79 Å². The van der Waals surface area contributed by atoms with Gasteiger partial charge >= 0.3 is 0 Å². The molecule has 0 saturated carbocycles. The van der Waals surface area contributed by atoms with Gasteiger partial charge in [-0.1, -0.05) is 97.1 Å². The highest BCUT2D eigenvalue weighted by molar-refractivity contribution is 6.10. The minimum Gasteiger partial charge on any atom is -0.455 e. The Morgan fingerprint density at radius 3 is 2.10 bits per heavy atom. The number of para-hydroxylation sites is 3. The van der Waals surface area contributed by atoms with Crippen LogP contribution >= 0.6 is 0 Å². The van der Waals surface area contributed by atoms with Gasteiger partial charge in [-0.05, 0) is 41.5 Å². The molecule has 0 unspecified atom stereocenters. The minimum absolute atomic E-state index is 0.106. The van der Waals surface area contributed by atoms with Crippen molar-refractivity contribution in [2.45, 2.75) is 0 Å². The second-order valence-corrected chi connectivity index (χ2v) is 9.82. The Morgan fingerprint density at radius 1 is 0.564 bits per heavy atom. The molecule has 184 valence electrons. The maximum Gasteiger partial charge on any atom is 0.257 e. The van der Waals surface area contributed by atoms with Gasteiger partial charge in [-0.3, -0.25) is 9.36 Å². The summed E-state index contributed by atoms with van der Waals surface area (Å²) in [6.45, 7) is 0. The van der Waals surface area contributed by atoms with E-state index < -0.39 is 0 Å². The van der Waals surface area contributed by atoms with Crippen molar-refractivity contribution in [2.24, 2.45) is 0 Å². The van der Waals surface area contributed by atoms with Crippen molar-refractivity contribution in [3.05, 3.63) is 138 Å². The standard InChI is InChI=1S/C35H22N2O2/c38-35-29(22-9-2-1-3-10-22)21-30-26-11-4-6-15-31(26)37(34(30)36-35)24-19-17-23(18-20-24)25-13-8-14-28-27-12-5-7-16-32(27)39-33(25)28/h1-21H,(H,36,38). The van der Waals surface area contributed by atoms with Crippen molar-refractivity contribution in [1.82, 2.24) is 9.55 Å². The van der Waals surface area contributed by atoms with Gasteiger partial charge < -0.3 is 9.40 Å². The molecule has 4 heteroatoms.